The predicted molar refractivity (Wildman–Crippen MR) is 106 cm³/mol. The highest BCUT2D eigenvalue weighted by Gasteiger charge is 2.09. The minimum absolute atomic E-state index is 0.192. The van der Waals surface area contributed by atoms with E-state index in [9.17, 15) is 4.79 Å². The van der Waals surface area contributed by atoms with Gasteiger partial charge in [0, 0.05) is 43.0 Å². The van der Waals surface area contributed by atoms with Gasteiger partial charge >= 0.3 is 0 Å². The van der Waals surface area contributed by atoms with Gasteiger partial charge in [0.15, 0.2) is 5.82 Å². The molecule has 3 heterocycles. The van der Waals surface area contributed by atoms with Crippen molar-refractivity contribution >= 4 is 11.7 Å². The number of rotatable bonds is 6. The van der Waals surface area contributed by atoms with Gasteiger partial charge < -0.3 is 5.32 Å². The van der Waals surface area contributed by atoms with Crippen molar-refractivity contribution in [3.63, 3.8) is 0 Å². The third kappa shape index (κ3) is 4.15. The molecule has 0 aliphatic carbocycles. The van der Waals surface area contributed by atoms with E-state index in [2.05, 4.69) is 20.5 Å². The molecule has 7 nitrogen and oxygen atoms in total. The van der Waals surface area contributed by atoms with Crippen LogP contribution in [-0.2, 0) is 13.0 Å². The number of nitrogens with zero attached hydrogens (tertiary/aromatic N) is 5. The van der Waals surface area contributed by atoms with Gasteiger partial charge in [-0.3, -0.25) is 14.5 Å². The van der Waals surface area contributed by atoms with E-state index in [0.29, 0.717) is 11.4 Å². The van der Waals surface area contributed by atoms with E-state index >= 15 is 0 Å². The molecule has 0 aliphatic rings. The lowest BCUT2D eigenvalue weighted by Gasteiger charge is -2.05. The van der Waals surface area contributed by atoms with Crippen LogP contribution in [0.4, 0.5) is 5.82 Å². The summed E-state index contributed by atoms with van der Waals surface area (Å²) in [5, 5.41) is 11.5. The van der Waals surface area contributed by atoms with Crippen LogP contribution in [-0.4, -0.2) is 30.5 Å². The minimum Gasteiger partial charge on any atom is -0.305 e. The van der Waals surface area contributed by atoms with Gasteiger partial charge in [0.25, 0.3) is 5.91 Å². The SMILES string of the molecule is Cc1cnn(-c2ccc(C(=O)Nc3ccn(CCc4ccncc4)n3)cc2)c1. The molecular weight excluding hydrogens is 352 g/mol. The van der Waals surface area contributed by atoms with Gasteiger partial charge in [-0.2, -0.15) is 10.2 Å². The average molecular weight is 372 g/mol. The standard InChI is InChI=1S/C21H20N6O/c1-16-14-23-27(15-16)19-4-2-18(3-5-19)21(28)24-20-9-13-26(25-20)12-8-17-6-10-22-11-7-17/h2-7,9-11,13-15H,8,12H2,1H3,(H,24,25,28). The van der Waals surface area contributed by atoms with Gasteiger partial charge in [-0.15, -0.1) is 0 Å². The van der Waals surface area contributed by atoms with Crippen LogP contribution in [0.2, 0.25) is 0 Å². The number of benzene rings is 1. The molecule has 140 valence electrons. The molecule has 0 bridgehead atoms. The predicted octanol–water partition coefficient (Wildman–Crippen LogP) is 3.27. The van der Waals surface area contributed by atoms with Crippen molar-refractivity contribution in [3.8, 4) is 5.69 Å². The largest absolute Gasteiger partial charge is 0.305 e. The molecule has 4 rings (SSSR count). The fourth-order valence-corrected chi connectivity index (χ4v) is 2.85. The molecule has 1 amide bonds. The molecule has 0 fully saturated rings. The van der Waals surface area contributed by atoms with E-state index in [0.717, 1.165) is 24.2 Å². The van der Waals surface area contributed by atoms with Crippen LogP contribution in [0.3, 0.4) is 0 Å². The Balaban J connectivity index is 1.36. The van der Waals surface area contributed by atoms with E-state index < -0.39 is 0 Å². The van der Waals surface area contributed by atoms with Crippen LogP contribution in [0.15, 0.2) is 73.4 Å². The molecule has 0 saturated heterocycles. The van der Waals surface area contributed by atoms with Gasteiger partial charge in [0.1, 0.15) is 0 Å². The van der Waals surface area contributed by atoms with Gasteiger partial charge in [-0.05, 0) is 60.9 Å². The maximum Gasteiger partial charge on any atom is 0.256 e. The third-order valence-electron chi connectivity index (χ3n) is 4.37. The monoisotopic (exact) mass is 372 g/mol. The van der Waals surface area contributed by atoms with E-state index in [4.69, 9.17) is 0 Å². The van der Waals surface area contributed by atoms with E-state index in [-0.39, 0.29) is 5.91 Å². The zero-order chi connectivity index (χ0) is 19.3. The number of aryl methyl sites for hydroxylation is 3. The Morgan fingerprint density at radius 1 is 1.07 bits per heavy atom. The highest BCUT2D eigenvalue weighted by molar-refractivity contribution is 6.03. The number of nitrogens with one attached hydrogen (secondary N) is 1. The summed E-state index contributed by atoms with van der Waals surface area (Å²) in [6.07, 6.45) is 10.0. The summed E-state index contributed by atoms with van der Waals surface area (Å²) in [4.78, 5) is 16.5. The number of amides is 1. The Kier molecular flexibility index (Phi) is 4.97. The van der Waals surface area contributed by atoms with Gasteiger partial charge in [0.05, 0.1) is 11.9 Å². The smallest absolute Gasteiger partial charge is 0.256 e. The Bertz CT molecular complexity index is 1070. The Morgan fingerprint density at radius 2 is 1.86 bits per heavy atom. The zero-order valence-corrected chi connectivity index (χ0v) is 15.5. The molecule has 0 atom stereocenters. The van der Waals surface area contributed by atoms with E-state index in [1.807, 2.05) is 48.3 Å². The van der Waals surface area contributed by atoms with Crippen LogP contribution in [0, 0.1) is 6.92 Å². The van der Waals surface area contributed by atoms with Crippen molar-refractivity contribution in [3.05, 3.63) is 90.1 Å². The summed E-state index contributed by atoms with van der Waals surface area (Å²) in [6, 6.07) is 13.1. The molecule has 0 saturated carbocycles. The molecule has 0 unspecified atom stereocenters. The van der Waals surface area contributed by atoms with Crippen molar-refractivity contribution < 1.29 is 4.79 Å². The number of hydrogen-bond acceptors (Lipinski definition) is 4. The molecule has 0 aliphatic heterocycles. The van der Waals surface area contributed by atoms with Crippen LogP contribution in [0.5, 0.6) is 0 Å². The van der Waals surface area contributed by atoms with Crippen LogP contribution >= 0.6 is 0 Å². The first-order chi connectivity index (χ1) is 13.7. The van der Waals surface area contributed by atoms with Gasteiger partial charge in [-0.25, -0.2) is 4.68 Å². The molecule has 0 spiro atoms. The molecule has 28 heavy (non-hydrogen) atoms. The van der Waals surface area contributed by atoms with Gasteiger partial charge in [0.2, 0.25) is 0 Å². The molecule has 7 heteroatoms. The summed E-state index contributed by atoms with van der Waals surface area (Å²) >= 11 is 0. The van der Waals surface area contributed by atoms with E-state index in [1.165, 1.54) is 5.56 Å². The van der Waals surface area contributed by atoms with E-state index in [1.54, 1.807) is 41.5 Å². The second kappa shape index (κ2) is 7.87. The second-order valence-corrected chi connectivity index (χ2v) is 6.53. The first kappa shape index (κ1) is 17.7. The third-order valence-corrected chi connectivity index (χ3v) is 4.37. The quantitative estimate of drug-likeness (QED) is 0.563. The number of aromatic nitrogens is 5. The molecule has 0 radical (unpaired) electrons. The fraction of sp³-hybridized carbons (Fsp3) is 0.143. The van der Waals surface area contributed by atoms with Crippen molar-refractivity contribution in [1.29, 1.82) is 0 Å². The Hall–Kier alpha value is -3.74. The van der Waals surface area contributed by atoms with Gasteiger partial charge in [-0.1, -0.05) is 0 Å². The van der Waals surface area contributed by atoms with Crippen molar-refractivity contribution in [2.45, 2.75) is 19.9 Å². The first-order valence-electron chi connectivity index (χ1n) is 9.03. The Labute approximate surface area is 162 Å². The number of pyridine rings is 1. The van der Waals surface area contributed by atoms with Crippen LogP contribution in [0.1, 0.15) is 21.5 Å². The van der Waals surface area contributed by atoms with Crippen molar-refractivity contribution in [2.24, 2.45) is 0 Å². The highest BCUT2D eigenvalue weighted by atomic mass is 16.1. The maximum atomic E-state index is 12.5. The maximum absolute atomic E-state index is 12.5. The molecular formula is C21H20N6O. The van der Waals surface area contributed by atoms with Crippen LogP contribution < -0.4 is 5.32 Å². The highest BCUT2D eigenvalue weighted by Crippen LogP contribution is 2.12. The summed E-state index contributed by atoms with van der Waals surface area (Å²) < 4.78 is 3.60. The number of carbonyl (C=O) groups excluding carboxylic acids is 1. The first-order valence-corrected chi connectivity index (χ1v) is 9.03. The number of carbonyl (C=O) groups is 1. The summed E-state index contributed by atoms with van der Waals surface area (Å²) in [5.41, 5.74) is 3.76. The minimum atomic E-state index is -0.192. The molecule has 1 N–H and O–H groups in total. The number of anilines is 1. The lowest BCUT2D eigenvalue weighted by atomic mass is 10.2. The lowest BCUT2D eigenvalue weighted by Crippen LogP contribution is -2.13. The second-order valence-electron chi connectivity index (χ2n) is 6.53. The summed E-state index contributed by atoms with van der Waals surface area (Å²) in [6.45, 7) is 2.72. The average Bonchev–Trinajstić information content (AvgIpc) is 3.36. The number of hydrogen-bond donors (Lipinski definition) is 1. The fourth-order valence-electron chi connectivity index (χ4n) is 2.85. The molecule has 3 aromatic heterocycles. The van der Waals surface area contributed by atoms with Crippen molar-refractivity contribution in [1.82, 2.24) is 24.5 Å². The lowest BCUT2D eigenvalue weighted by molar-refractivity contribution is 0.102. The summed E-state index contributed by atoms with van der Waals surface area (Å²) in [7, 11) is 0. The zero-order valence-electron chi connectivity index (χ0n) is 15.5. The van der Waals surface area contributed by atoms with Crippen molar-refractivity contribution in [2.75, 3.05) is 5.32 Å². The summed E-state index contributed by atoms with van der Waals surface area (Å²) in [5.74, 6) is 0.342. The van der Waals surface area contributed by atoms with Crippen LogP contribution in [0.25, 0.3) is 5.69 Å². The topological polar surface area (TPSA) is 77.6 Å². The Morgan fingerprint density at radius 3 is 2.57 bits per heavy atom. The normalized spacial score (nSPS) is 10.8. The molecule has 4 aromatic rings. The molecule has 1 aromatic carbocycles.